The maximum atomic E-state index is 4.39. The van der Waals surface area contributed by atoms with Crippen molar-refractivity contribution in [2.24, 2.45) is 0 Å². The van der Waals surface area contributed by atoms with Gasteiger partial charge in [-0.05, 0) is 49.2 Å². The van der Waals surface area contributed by atoms with E-state index in [2.05, 4.69) is 49.0 Å². The van der Waals surface area contributed by atoms with E-state index >= 15 is 0 Å². The number of aromatic nitrogens is 7. The number of tetrazole rings is 1. The lowest BCUT2D eigenvalue weighted by molar-refractivity contribution is 0.449. The van der Waals surface area contributed by atoms with Crippen molar-refractivity contribution < 1.29 is 0 Å². The molecule has 2 aromatic heterocycles. The monoisotopic (exact) mass is 338 g/mol. The average molecular weight is 338 g/mol. The summed E-state index contributed by atoms with van der Waals surface area (Å²) >= 11 is 0. The largest absolute Gasteiger partial charge is 0.339 e. The van der Waals surface area contributed by atoms with Gasteiger partial charge in [-0.15, -0.1) is 10.2 Å². The Hall–Kier alpha value is -2.77. The minimum Gasteiger partial charge on any atom is -0.339 e. The predicted octanol–water partition coefficient (Wildman–Crippen LogP) is 2.22. The van der Waals surface area contributed by atoms with Gasteiger partial charge in [0, 0.05) is 25.0 Å². The number of hydrogen-bond acceptors (Lipinski definition) is 6. The van der Waals surface area contributed by atoms with Crippen molar-refractivity contribution in [3.63, 3.8) is 0 Å². The van der Waals surface area contributed by atoms with Crippen molar-refractivity contribution in [2.75, 3.05) is 18.0 Å². The molecule has 8 nitrogen and oxygen atoms in total. The first-order valence-electron chi connectivity index (χ1n) is 8.72. The molecule has 0 saturated carbocycles. The average Bonchev–Trinajstić information content (AvgIpc) is 3.32. The molecule has 1 unspecified atom stereocenters. The summed E-state index contributed by atoms with van der Waals surface area (Å²) in [6, 6.07) is 10.3. The van der Waals surface area contributed by atoms with Gasteiger partial charge in [-0.3, -0.25) is 0 Å². The quantitative estimate of drug-likeness (QED) is 0.726. The van der Waals surface area contributed by atoms with Gasteiger partial charge in [-0.25, -0.2) is 0 Å². The third-order valence-corrected chi connectivity index (χ3v) is 4.68. The highest BCUT2D eigenvalue weighted by molar-refractivity contribution is 5.41. The van der Waals surface area contributed by atoms with Gasteiger partial charge in [-0.2, -0.15) is 4.68 Å². The molecule has 0 bridgehead atoms. The normalized spacial score (nSPS) is 18.0. The molecule has 0 amide bonds. The van der Waals surface area contributed by atoms with Crippen molar-refractivity contribution in [3.8, 4) is 5.69 Å². The summed E-state index contributed by atoms with van der Waals surface area (Å²) in [6.07, 6.45) is 4.01. The summed E-state index contributed by atoms with van der Waals surface area (Å²) in [5, 5.41) is 20.9. The molecule has 8 heteroatoms. The molecular formula is C17H22N8. The first-order valence-corrected chi connectivity index (χ1v) is 8.72. The zero-order valence-electron chi connectivity index (χ0n) is 14.5. The highest BCUT2D eigenvalue weighted by atomic mass is 15.6. The molecule has 1 fully saturated rings. The van der Waals surface area contributed by atoms with Crippen molar-refractivity contribution in [3.05, 3.63) is 42.5 Å². The maximum Gasteiger partial charge on any atom is 0.250 e. The molecule has 25 heavy (non-hydrogen) atoms. The van der Waals surface area contributed by atoms with Crippen LogP contribution >= 0.6 is 0 Å². The van der Waals surface area contributed by atoms with Gasteiger partial charge in [-0.1, -0.05) is 23.3 Å². The second-order valence-corrected chi connectivity index (χ2v) is 6.70. The third kappa shape index (κ3) is 2.99. The van der Waals surface area contributed by atoms with Crippen LogP contribution in [-0.2, 0) is 0 Å². The number of hydrogen-bond donors (Lipinski definition) is 0. The fourth-order valence-electron chi connectivity index (χ4n) is 3.43. The van der Waals surface area contributed by atoms with E-state index in [9.17, 15) is 0 Å². The smallest absolute Gasteiger partial charge is 0.250 e. The minimum atomic E-state index is 0.333. The SMILES string of the molecule is CC(C)n1cnnc1C1CCCN(c2nnnn2-c2ccccc2)C1. The van der Waals surface area contributed by atoms with Gasteiger partial charge in [0.15, 0.2) is 0 Å². The number of nitrogens with zero attached hydrogens (tertiary/aromatic N) is 8. The Labute approximate surface area is 146 Å². The molecule has 1 saturated heterocycles. The molecule has 1 atom stereocenters. The zero-order chi connectivity index (χ0) is 17.2. The Bertz CT molecular complexity index is 822. The third-order valence-electron chi connectivity index (χ3n) is 4.68. The lowest BCUT2D eigenvalue weighted by Crippen LogP contribution is -2.37. The molecular weight excluding hydrogens is 316 g/mol. The van der Waals surface area contributed by atoms with Crippen LogP contribution in [0.4, 0.5) is 5.95 Å². The zero-order valence-corrected chi connectivity index (χ0v) is 14.5. The molecule has 1 aliphatic rings. The molecule has 4 rings (SSSR count). The van der Waals surface area contributed by atoms with Crippen LogP contribution in [0, 0.1) is 0 Å². The highest BCUT2D eigenvalue weighted by Crippen LogP contribution is 2.29. The number of para-hydroxylation sites is 1. The molecule has 130 valence electrons. The van der Waals surface area contributed by atoms with Crippen LogP contribution < -0.4 is 4.90 Å². The summed E-state index contributed by atoms with van der Waals surface area (Å²) in [4.78, 5) is 2.25. The van der Waals surface area contributed by atoms with Crippen LogP contribution in [-0.4, -0.2) is 48.1 Å². The van der Waals surface area contributed by atoms with Crippen LogP contribution in [0.5, 0.6) is 0 Å². The Balaban J connectivity index is 1.61. The number of rotatable bonds is 4. The van der Waals surface area contributed by atoms with Crippen molar-refractivity contribution in [1.29, 1.82) is 0 Å². The fraction of sp³-hybridized carbons (Fsp3) is 0.471. The van der Waals surface area contributed by atoms with Crippen molar-refractivity contribution in [2.45, 2.75) is 38.6 Å². The standard InChI is InChI=1S/C17H22N8/c1-13(2)24-12-18-19-16(24)14-7-6-10-23(11-14)17-20-21-22-25(17)15-8-4-3-5-9-15/h3-5,8-9,12-14H,6-7,10-11H2,1-2H3. The molecule has 3 heterocycles. The summed E-state index contributed by atoms with van der Waals surface area (Å²) in [7, 11) is 0. The lowest BCUT2D eigenvalue weighted by Gasteiger charge is -2.32. The summed E-state index contributed by atoms with van der Waals surface area (Å²) < 4.78 is 3.96. The Morgan fingerprint density at radius 2 is 1.96 bits per heavy atom. The topological polar surface area (TPSA) is 77.6 Å². The minimum absolute atomic E-state index is 0.333. The molecule has 0 N–H and O–H groups in total. The molecule has 1 aromatic carbocycles. The lowest BCUT2D eigenvalue weighted by atomic mass is 9.97. The van der Waals surface area contributed by atoms with E-state index in [0.717, 1.165) is 43.4 Å². The summed E-state index contributed by atoms with van der Waals surface area (Å²) in [5.41, 5.74) is 0.968. The van der Waals surface area contributed by atoms with E-state index in [1.807, 2.05) is 36.7 Å². The van der Waals surface area contributed by atoms with Crippen LogP contribution in [0.2, 0.25) is 0 Å². The number of anilines is 1. The van der Waals surface area contributed by atoms with E-state index < -0.39 is 0 Å². The molecule has 0 radical (unpaired) electrons. The van der Waals surface area contributed by atoms with Gasteiger partial charge in [0.2, 0.25) is 5.95 Å². The van der Waals surface area contributed by atoms with E-state index in [1.54, 1.807) is 4.68 Å². The first-order chi connectivity index (χ1) is 12.2. The van der Waals surface area contributed by atoms with E-state index in [1.165, 1.54) is 0 Å². The highest BCUT2D eigenvalue weighted by Gasteiger charge is 2.28. The van der Waals surface area contributed by atoms with Crippen LogP contribution in [0.3, 0.4) is 0 Å². The fourth-order valence-corrected chi connectivity index (χ4v) is 3.43. The Morgan fingerprint density at radius 1 is 1.12 bits per heavy atom. The van der Waals surface area contributed by atoms with Gasteiger partial charge >= 0.3 is 0 Å². The second kappa shape index (κ2) is 6.62. The van der Waals surface area contributed by atoms with Gasteiger partial charge in [0.05, 0.1) is 5.69 Å². The summed E-state index contributed by atoms with van der Waals surface area (Å²) in [5.74, 6) is 2.17. The summed E-state index contributed by atoms with van der Waals surface area (Å²) in [6.45, 7) is 6.10. The molecule has 1 aliphatic heterocycles. The van der Waals surface area contributed by atoms with E-state index in [0.29, 0.717) is 12.0 Å². The van der Waals surface area contributed by atoms with Gasteiger partial charge < -0.3 is 9.47 Å². The van der Waals surface area contributed by atoms with E-state index in [-0.39, 0.29) is 0 Å². The molecule has 3 aromatic rings. The molecule has 0 aliphatic carbocycles. The van der Waals surface area contributed by atoms with Crippen LogP contribution in [0.15, 0.2) is 36.7 Å². The first kappa shape index (κ1) is 15.7. The maximum absolute atomic E-state index is 4.39. The van der Waals surface area contributed by atoms with Gasteiger partial charge in [0.1, 0.15) is 12.2 Å². The van der Waals surface area contributed by atoms with Crippen molar-refractivity contribution in [1.82, 2.24) is 35.0 Å². The van der Waals surface area contributed by atoms with Crippen molar-refractivity contribution >= 4 is 5.95 Å². The van der Waals surface area contributed by atoms with Crippen LogP contribution in [0.1, 0.15) is 44.5 Å². The van der Waals surface area contributed by atoms with Gasteiger partial charge in [0.25, 0.3) is 0 Å². The molecule has 0 spiro atoms. The Kier molecular flexibility index (Phi) is 4.17. The van der Waals surface area contributed by atoms with Crippen LogP contribution in [0.25, 0.3) is 5.69 Å². The Morgan fingerprint density at radius 3 is 2.76 bits per heavy atom. The second-order valence-electron chi connectivity index (χ2n) is 6.70. The predicted molar refractivity (Wildman–Crippen MR) is 93.7 cm³/mol. The number of piperidine rings is 1. The number of benzene rings is 1. The van der Waals surface area contributed by atoms with E-state index in [4.69, 9.17) is 0 Å².